The smallest absolute Gasteiger partial charge is 0.293 e. The van der Waals surface area contributed by atoms with Crippen molar-refractivity contribution in [3.8, 4) is 11.9 Å². The zero-order chi connectivity index (χ0) is 17.8. The fourth-order valence-electron chi connectivity index (χ4n) is 2.86. The molecule has 1 aromatic carbocycles. The van der Waals surface area contributed by atoms with Gasteiger partial charge in [0.15, 0.2) is 0 Å². The lowest BCUT2D eigenvalue weighted by molar-refractivity contribution is -0.384. The van der Waals surface area contributed by atoms with Crippen LogP contribution < -0.4 is 9.64 Å². The maximum absolute atomic E-state index is 11.4. The number of hydrogen-bond donors (Lipinski definition) is 0. The first-order chi connectivity index (χ1) is 12.1. The van der Waals surface area contributed by atoms with Gasteiger partial charge in [-0.1, -0.05) is 11.6 Å². The summed E-state index contributed by atoms with van der Waals surface area (Å²) in [6.45, 7) is 1.21. The zero-order valence-corrected chi connectivity index (χ0v) is 14.0. The van der Waals surface area contributed by atoms with Crippen molar-refractivity contribution in [3.63, 3.8) is 0 Å². The molecule has 2 heterocycles. The second kappa shape index (κ2) is 7.36. The molecule has 0 radical (unpaired) electrons. The van der Waals surface area contributed by atoms with Crippen molar-refractivity contribution in [3.05, 3.63) is 57.2 Å². The minimum Gasteiger partial charge on any atom is -0.472 e. The molecule has 128 valence electrons. The van der Waals surface area contributed by atoms with Gasteiger partial charge in [-0.05, 0) is 31.0 Å². The number of rotatable bonds is 4. The molecule has 1 saturated heterocycles. The number of nitriles is 1. The predicted octanol–water partition coefficient (Wildman–Crippen LogP) is 3.56. The fraction of sp³-hybridized carbons (Fsp3) is 0.294. The molecule has 0 saturated carbocycles. The van der Waals surface area contributed by atoms with Gasteiger partial charge in [-0.3, -0.25) is 10.1 Å². The van der Waals surface area contributed by atoms with E-state index in [2.05, 4.69) is 4.98 Å². The van der Waals surface area contributed by atoms with Crippen molar-refractivity contribution in [1.82, 2.24) is 4.98 Å². The number of anilines is 1. The van der Waals surface area contributed by atoms with Gasteiger partial charge in [0.1, 0.15) is 11.8 Å². The molecule has 1 unspecified atom stereocenters. The van der Waals surface area contributed by atoms with Gasteiger partial charge in [-0.2, -0.15) is 5.26 Å². The maximum Gasteiger partial charge on any atom is 0.293 e. The second-order valence-electron chi connectivity index (χ2n) is 5.72. The van der Waals surface area contributed by atoms with Crippen molar-refractivity contribution in [2.24, 2.45) is 0 Å². The number of pyridine rings is 1. The van der Waals surface area contributed by atoms with Crippen LogP contribution >= 0.6 is 11.6 Å². The van der Waals surface area contributed by atoms with Crippen molar-refractivity contribution < 1.29 is 9.66 Å². The van der Waals surface area contributed by atoms with Crippen molar-refractivity contribution >= 4 is 23.0 Å². The Balaban J connectivity index is 1.78. The van der Waals surface area contributed by atoms with Crippen LogP contribution in [-0.4, -0.2) is 29.1 Å². The average molecular weight is 359 g/mol. The molecule has 0 amide bonds. The van der Waals surface area contributed by atoms with Crippen LogP contribution in [0, 0.1) is 21.4 Å². The van der Waals surface area contributed by atoms with Crippen molar-refractivity contribution in [1.29, 1.82) is 5.26 Å². The largest absolute Gasteiger partial charge is 0.472 e. The topological polar surface area (TPSA) is 92.3 Å². The van der Waals surface area contributed by atoms with E-state index in [-0.39, 0.29) is 17.4 Å². The number of nitro groups is 1. The van der Waals surface area contributed by atoms with Crippen LogP contribution in [0.15, 0.2) is 36.5 Å². The maximum atomic E-state index is 11.4. The van der Waals surface area contributed by atoms with E-state index in [1.54, 1.807) is 24.3 Å². The summed E-state index contributed by atoms with van der Waals surface area (Å²) in [5.41, 5.74) is 0.705. The van der Waals surface area contributed by atoms with Crippen molar-refractivity contribution in [2.75, 3.05) is 18.0 Å². The molecule has 0 aliphatic carbocycles. The molecule has 1 fully saturated rings. The van der Waals surface area contributed by atoms with E-state index in [0.29, 0.717) is 29.7 Å². The van der Waals surface area contributed by atoms with Crippen LogP contribution in [0.1, 0.15) is 18.4 Å². The van der Waals surface area contributed by atoms with Crippen LogP contribution in [0.4, 0.5) is 11.4 Å². The minimum absolute atomic E-state index is 0.0654. The normalized spacial score (nSPS) is 17.0. The Morgan fingerprint density at radius 2 is 2.24 bits per heavy atom. The number of ether oxygens (including phenoxy) is 1. The van der Waals surface area contributed by atoms with Gasteiger partial charge in [-0.15, -0.1) is 0 Å². The first kappa shape index (κ1) is 17.0. The molecular formula is C17H15ClN4O3. The van der Waals surface area contributed by atoms with Crippen LogP contribution in [0.3, 0.4) is 0 Å². The van der Waals surface area contributed by atoms with E-state index in [9.17, 15) is 10.1 Å². The minimum atomic E-state index is -0.457. The van der Waals surface area contributed by atoms with Gasteiger partial charge in [0.05, 0.1) is 28.1 Å². The lowest BCUT2D eigenvalue weighted by atomic mass is 10.1. The number of benzene rings is 1. The molecule has 0 bridgehead atoms. The van der Waals surface area contributed by atoms with E-state index < -0.39 is 4.92 Å². The molecule has 1 atom stereocenters. The molecule has 0 N–H and O–H groups in total. The molecule has 0 spiro atoms. The third-order valence-electron chi connectivity index (χ3n) is 4.01. The standard InChI is InChI=1S/C17H15ClN4O3/c18-13-4-6-17(20-10-13)25-14-2-1-7-21(11-14)15-5-3-12(9-19)8-16(15)22(23)24/h3-6,8,10,14H,1-2,7,11H2. The van der Waals surface area contributed by atoms with E-state index in [4.69, 9.17) is 21.6 Å². The number of halogens is 1. The van der Waals surface area contributed by atoms with Gasteiger partial charge in [0, 0.05) is 24.9 Å². The summed E-state index contributed by atoms with van der Waals surface area (Å²) in [6.07, 6.45) is 3.07. The molecule has 7 nitrogen and oxygen atoms in total. The molecule has 1 aromatic heterocycles. The van der Waals surface area contributed by atoms with Gasteiger partial charge in [0.25, 0.3) is 5.69 Å². The third-order valence-corrected chi connectivity index (χ3v) is 4.23. The SMILES string of the molecule is N#Cc1ccc(N2CCCC(Oc3ccc(Cl)cn3)C2)c([N+](=O)[O-])c1. The number of hydrogen-bond acceptors (Lipinski definition) is 6. The summed E-state index contributed by atoms with van der Waals surface area (Å²) < 4.78 is 5.87. The average Bonchev–Trinajstić information content (AvgIpc) is 2.63. The molecule has 1 aliphatic rings. The first-order valence-electron chi connectivity index (χ1n) is 7.78. The third kappa shape index (κ3) is 3.98. The summed E-state index contributed by atoms with van der Waals surface area (Å²) in [4.78, 5) is 16.9. The Bertz CT molecular complexity index is 820. The number of nitrogens with zero attached hydrogens (tertiary/aromatic N) is 4. The highest BCUT2D eigenvalue weighted by molar-refractivity contribution is 6.30. The van der Waals surface area contributed by atoms with E-state index in [0.717, 1.165) is 12.8 Å². The van der Waals surface area contributed by atoms with Gasteiger partial charge in [-0.25, -0.2) is 4.98 Å². The van der Waals surface area contributed by atoms with Crippen LogP contribution in [0.5, 0.6) is 5.88 Å². The monoisotopic (exact) mass is 358 g/mol. The Kier molecular flexibility index (Phi) is 5.00. The second-order valence-corrected chi connectivity index (χ2v) is 6.15. The first-order valence-corrected chi connectivity index (χ1v) is 8.16. The van der Waals surface area contributed by atoms with E-state index in [1.165, 1.54) is 12.3 Å². The van der Waals surface area contributed by atoms with Gasteiger partial charge < -0.3 is 9.64 Å². The fourth-order valence-corrected chi connectivity index (χ4v) is 2.97. The Morgan fingerprint density at radius 1 is 1.40 bits per heavy atom. The lowest BCUT2D eigenvalue weighted by Gasteiger charge is -2.33. The summed E-state index contributed by atoms with van der Waals surface area (Å²) in [7, 11) is 0. The summed E-state index contributed by atoms with van der Waals surface area (Å²) in [5.74, 6) is 0.477. The molecule has 3 rings (SSSR count). The highest BCUT2D eigenvalue weighted by Crippen LogP contribution is 2.32. The number of aromatic nitrogens is 1. The van der Waals surface area contributed by atoms with Crippen LogP contribution in [0.2, 0.25) is 5.02 Å². The Morgan fingerprint density at radius 3 is 2.92 bits per heavy atom. The molecule has 8 heteroatoms. The van der Waals surface area contributed by atoms with E-state index >= 15 is 0 Å². The Hall–Kier alpha value is -2.85. The predicted molar refractivity (Wildman–Crippen MR) is 92.9 cm³/mol. The summed E-state index contributed by atoms with van der Waals surface area (Å²) >= 11 is 5.82. The zero-order valence-electron chi connectivity index (χ0n) is 13.3. The van der Waals surface area contributed by atoms with E-state index in [1.807, 2.05) is 11.0 Å². The summed E-state index contributed by atoms with van der Waals surface area (Å²) in [5, 5.41) is 20.8. The highest BCUT2D eigenvalue weighted by atomic mass is 35.5. The molecule has 25 heavy (non-hydrogen) atoms. The van der Waals surface area contributed by atoms with Gasteiger partial charge in [0.2, 0.25) is 5.88 Å². The van der Waals surface area contributed by atoms with Gasteiger partial charge >= 0.3 is 0 Å². The van der Waals surface area contributed by atoms with Crippen LogP contribution in [-0.2, 0) is 0 Å². The highest BCUT2D eigenvalue weighted by Gasteiger charge is 2.27. The number of nitro benzene ring substituents is 1. The molecule has 2 aromatic rings. The van der Waals surface area contributed by atoms with Crippen LogP contribution in [0.25, 0.3) is 0 Å². The molecular weight excluding hydrogens is 344 g/mol. The quantitative estimate of drug-likeness (QED) is 0.612. The summed E-state index contributed by atoms with van der Waals surface area (Å²) in [6, 6.07) is 9.86. The molecule has 1 aliphatic heterocycles. The lowest BCUT2D eigenvalue weighted by Crippen LogP contribution is -2.41. The number of piperidine rings is 1. The van der Waals surface area contributed by atoms with Crippen molar-refractivity contribution in [2.45, 2.75) is 18.9 Å². The Labute approximate surface area is 149 Å².